The van der Waals surface area contributed by atoms with E-state index in [9.17, 15) is 4.79 Å². The highest BCUT2D eigenvalue weighted by molar-refractivity contribution is 7.13. The summed E-state index contributed by atoms with van der Waals surface area (Å²) in [6.45, 7) is 6.34. The van der Waals surface area contributed by atoms with Gasteiger partial charge in [-0.25, -0.2) is 10.8 Å². The maximum Gasteiger partial charge on any atom is 0.277 e. The number of hydrogen-bond donors (Lipinski definition) is 2. The SMILES string of the molecule is Cc1nc(CCN2CCOCC2)sc1C(=O)NN. The highest BCUT2D eigenvalue weighted by Crippen LogP contribution is 2.18. The van der Waals surface area contributed by atoms with Gasteiger partial charge in [-0.2, -0.15) is 0 Å². The Morgan fingerprint density at radius 1 is 1.56 bits per heavy atom. The summed E-state index contributed by atoms with van der Waals surface area (Å²) in [6, 6.07) is 0. The number of nitrogens with zero attached hydrogens (tertiary/aromatic N) is 2. The van der Waals surface area contributed by atoms with Crippen molar-refractivity contribution in [1.29, 1.82) is 0 Å². The molecule has 2 rings (SSSR count). The fourth-order valence-electron chi connectivity index (χ4n) is 1.91. The number of hydrogen-bond acceptors (Lipinski definition) is 6. The van der Waals surface area contributed by atoms with E-state index in [-0.39, 0.29) is 5.91 Å². The van der Waals surface area contributed by atoms with E-state index in [4.69, 9.17) is 10.6 Å². The summed E-state index contributed by atoms with van der Waals surface area (Å²) >= 11 is 1.42. The zero-order chi connectivity index (χ0) is 13.0. The van der Waals surface area contributed by atoms with Crippen LogP contribution < -0.4 is 11.3 Å². The second-order valence-corrected chi connectivity index (χ2v) is 5.28. The lowest BCUT2D eigenvalue weighted by molar-refractivity contribution is 0.0384. The lowest BCUT2D eigenvalue weighted by atomic mass is 10.3. The first-order chi connectivity index (χ1) is 8.70. The molecule has 1 aliphatic rings. The first kappa shape index (κ1) is 13.4. The van der Waals surface area contributed by atoms with Crippen molar-refractivity contribution in [2.24, 2.45) is 5.84 Å². The number of morpholine rings is 1. The smallest absolute Gasteiger partial charge is 0.277 e. The third-order valence-electron chi connectivity index (χ3n) is 2.92. The molecule has 1 aromatic heterocycles. The summed E-state index contributed by atoms with van der Waals surface area (Å²) in [7, 11) is 0. The molecule has 0 bridgehead atoms. The molecule has 0 radical (unpaired) electrons. The predicted octanol–water partition coefficient (Wildman–Crippen LogP) is -0.0703. The van der Waals surface area contributed by atoms with Gasteiger partial charge in [0.25, 0.3) is 5.91 Å². The van der Waals surface area contributed by atoms with Crippen LogP contribution in [-0.2, 0) is 11.2 Å². The summed E-state index contributed by atoms with van der Waals surface area (Å²) in [5.74, 6) is 4.87. The summed E-state index contributed by atoms with van der Waals surface area (Å²) in [5, 5.41) is 0.984. The van der Waals surface area contributed by atoms with E-state index in [0.717, 1.165) is 50.0 Å². The molecule has 3 N–H and O–H groups in total. The Morgan fingerprint density at radius 3 is 2.94 bits per heavy atom. The number of thiazole rings is 1. The van der Waals surface area contributed by atoms with E-state index in [1.165, 1.54) is 11.3 Å². The maximum atomic E-state index is 11.5. The van der Waals surface area contributed by atoms with Gasteiger partial charge in [-0.05, 0) is 6.92 Å². The van der Waals surface area contributed by atoms with Gasteiger partial charge in [-0.15, -0.1) is 11.3 Å². The molecule has 0 saturated carbocycles. The summed E-state index contributed by atoms with van der Waals surface area (Å²) in [4.78, 5) is 18.8. The van der Waals surface area contributed by atoms with Crippen LogP contribution >= 0.6 is 11.3 Å². The molecule has 7 heteroatoms. The number of hydrazine groups is 1. The number of rotatable bonds is 4. The number of nitrogens with two attached hydrogens (primary N) is 1. The Labute approximate surface area is 110 Å². The van der Waals surface area contributed by atoms with E-state index in [1.54, 1.807) is 0 Å². The molecule has 2 heterocycles. The van der Waals surface area contributed by atoms with Gasteiger partial charge >= 0.3 is 0 Å². The first-order valence-corrected chi connectivity index (χ1v) is 6.79. The van der Waals surface area contributed by atoms with Crippen LogP contribution in [0.15, 0.2) is 0 Å². The molecule has 1 aromatic rings. The molecule has 1 amide bonds. The normalized spacial score (nSPS) is 16.8. The highest BCUT2D eigenvalue weighted by atomic mass is 32.1. The maximum absolute atomic E-state index is 11.5. The Hall–Kier alpha value is -1.02. The van der Waals surface area contributed by atoms with Gasteiger partial charge < -0.3 is 4.74 Å². The van der Waals surface area contributed by atoms with Crippen molar-refractivity contribution in [2.75, 3.05) is 32.8 Å². The van der Waals surface area contributed by atoms with Crippen molar-refractivity contribution in [1.82, 2.24) is 15.3 Å². The van der Waals surface area contributed by atoms with Crippen LogP contribution in [0.2, 0.25) is 0 Å². The number of carbonyl (C=O) groups excluding carboxylic acids is 1. The van der Waals surface area contributed by atoms with Crippen molar-refractivity contribution >= 4 is 17.2 Å². The average molecular weight is 270 g/mol. The molecular weight excluding hydrogens is 252 g/mol. The lowest BCUT2D eigenvalue weighted by Crippen LogP contribution is -2.37. The Kier molecular flexibility index (Phi) is 4.65. The third kappa shape index (κ3) is 3.26. The van der Waals surface area contributed by atoms with Crippen LogP contribution in [0.1, 0.15) is 20.4 Å². The molecule has 0 spiro atoms. The minimum absolute atomic E-state index is 0.261. The van der Waals surface area contributed by atoms with Gasteiger partial charge in [0.15, 0.2) is 0 Å². The van der Waals surface area contributed by atoms with Crippen molar-refractivity contribution in [3.05, 3.63) is 15.6 Å². The van der Waals surface area contributed by atoms with Crippen LogP contribution in [0.4, 0.5) is 0 Å². The van der Waals surface area contributed by atoms with Crippen molar-refractivity contribution < 1.29 is 9.53 Å². The van der Waals surface area contributed by atoms with E-state index in [2.05, 4.69) is 15.3 Å². The molecule has 1 saturated heterocycles. The third-order valence-corrected chi connectivity index (χ3v) is 4.14. The van der Waals surface area contributed by atoms with E-state index < -0.39 is 0 Å². The fourth-order valence-corrected chi connectivity index (χ4v) is 2.87. The first-order valence-electron chi connectivity index (χ1n) is 5.98. The number of nitrogens with one attached hydrogen (secondary N) is 1. The number of aromatic nitrogens is 1. The molecule has 0 unspecified atom stereocenters. The van der Waals surface area contributed by atoms with E-state index in [1.807, 2.05) is 6.92 Å². The molecule has 1 fully saturated rings. The predicted molar refractivity (Wildman–Crippen MR) is 69.5 cm³/mol. The Balaban J connectivity index is 1.91. The highest BCUT2D eigenvalue weighted by Gasteiger charge is 2.15. The molecule has 100 valence electrons. The zero-order valence-electron chi connectivity index (χ0n) is 10.4. The van der Waals surface area contributed by atoms with Crippen molar-refractivity contribution in [3.63, 3.8) is 0 Å². The number of aryl methyl sites for hydroxylation is 1. The zero-order valence-corrected chi connectivity index (χ0v) is 11.3. The summed E-state index contributed by atoms with van der Waals surface area (Å²) < 4.78 is 5.30. The van der Waals surface area contributed by atoms with Gasteiger partial charge in [0.2, 0.25) is 0 Å². The quantitative estimate of drug-likeness (QED) is 0.455. The van der Waals surface area contributed by atoms with Gasteiger partial charge in [0, 0.05) is 26.1 Å². The standard InChI is InChI=1S/C11H18N4O2S/c1-8-10(11(16)14-12)18-9(13-8)2-3-15-4-6-17-7-5-15/h2-7,12H2,1H3,(H,14,16). The topological polar surface area (TPSA) is 80.5 Å². The largest absolute Gasteiger partial charge is 0.379 e. The second kappa shape index (κ2) is 6.24. The minimum Gasteiger partial charge on any atom is -0.379 e. The van der Waals surface area contributed by atoms with Gasteiger partial charge in [-0.1, -0.05) is 0 Å². The van der Waals surface area contributed by atoms with Gasteiger partial charge in [0.1, 0.15) is 4.88 Å². The van der Waals surface area contributed by atoms with Crippen molar-refractivity contribution in [3.8, 4) is 0 Å². The summed E-state index contributed by atoms with van der Waals surface area (Å²) in [5.41, 5.74) is 2.90. The molecule has 18 heavy (non-hydrogen) atoms. The van der Waals surface area contributed by atoms with Crippen LogP contribution in [0.25, 0.3) is 0 Å². The number of ether oxygens (including phenoxy) is 1. The molecule has 0 atom stereocenters. The monoisotopic (exact) mass is 270 g/mol. The molecule has 1 aliphatic heterocycles. The summed E-state index contributed by atoms with van der Waals surface area (Å²) in [6.07, 6.45) is 0.864. The van der Waals surface area contributed by atoms with Crippen LogP contribution in [0.5, 0.6) is 0 Å². The Morgan fingerprint density at radius 2 is 2.28 bits per heavy atom. The lowest BCUT2D eigenvalue weighted by Gasteiger charge is -2.25. The van der Waals surface area contributed by atoms with Crippen molar-refractivity contribution in [2.45, 2.75) is 13.3 Å². The van der Waals surface area contributed by atoms with Crippen LogP contribution in [0, 0.1) is 6.92 Å². The Bertz CT molecular complexity index is 415. The number of amides is 1. The second-order valence-electron chi connectivity index (χ2n) is 4.20. The molecular formula is C11H18N4O2S. The van der Waals surface area contributed by atoms with E-state index >= 15 is 0 Å². The van der Waals surface area contributed by atoms with Crippen LogP contribution in [-0.4, -0.2) is 48.6 Å². The number of carbonyl (C=O) groups is 1. The van der Waals surface area contributed by atoms with Gasteiger partial charge in [0.05, 0.1) is 23.9 Å². The molecule has 6 nitrogen and oxygen atoms in total. The minimum atomic E-state index is -0.261. The average Bonchev–Trinajstić information content (AvgIpc) is 2.78. The number of nitrogen functional groups attached to an aromatic ring is 1. The fraction of sp³-hybridized carbons (Fsp3) is 0.636. The van der Waals surface area contributed by atoms with Crippen LogP contribution in [0.3, 0.4) is 0 Å². The molecule has 0 aliphatic carbocycles. The molecule has 0 aromatic carbocycles. The van der Waals surface area contributed by atoms with E-state index in [0.29, 0.717) is 4.88 Å². The van der Waals surface area contributed by atoms with Gasteiger partial charge in [-0.3, -0.25) is 15.1 Å².